The summed E-state index contributed by atoms with van der Waals surface area (Å²) in [4.78, 5) is 50.5. The Labute approximate surface area is 306 Å². The molecule has 0 radical (unpaired) electrons. The second-order valence-corrected chi connectivity index (χ2v) is 11.0. The van der Waals surface area contributed by atoms with Gasteiger partial charge in [-0.2, -0.15) is 13.2 Å². The summed E-state index contributed by atoms with van der Waals surface area (Å²) in [7, 11) is 5.87. The lowest BCUT2D eigenvalue weighted by Gasteiger charge is -2.12. The van der Waals surface area contributed by atoms with Crippen LogP contribution in [0.2, 0.25) is 0 Å². The van der Waals surface area contributed by atoms with Gasteiger partial charge in [0.2, 0.25) is 10.9 Å². The molecular weight excluding hydrogens is 737 g/mol. The van der Waals surface area contributed by atoms with Crippen LogP contribution in [0.15, 0.2) is 82.4 Å². The number of benzene rings is 4. The average Bonchev–Trinajstić information content (AvgIpc) is 3.17. The Bertz CT molecular complexity index is 2530. The summed E-state index contributed by atoms with van der Waals surface area (Å²) in [5.41, 5.74) is 6.78. The van der Waals surface area contributed by atoms with Crippen molar-refractivity contribution in [2.24, 2.45) is 0 Å². The molecule has 0 aliphatic rings. The number of carboxylic acids is 1. The number of aromatic hydroxyl groups is 2. The zero-order valence-corrected chi connectivity index (χ0v) is 29.1. The molecule has 6 rings (SSSR count). The number of nitrogens with zero attached hydrogens (tertiary/aromatic N) is 1. The largest absolute Gasteiger partial charge is 0.503 e. The number of hydrogen-bond donors (Lipinski definition) is 6. The third-order valence-electron chi connectivity index (χ3n) is 7.80. The zero-order chi connectivity index (χ0) is 40.8. The second kappa shape index (κ2) is 16.5. The maximum Gasteiger partial charge on any atom is 0.490 e. The molecule has 7 N–H and O–H groups in total. The van der Waals surface area contributed by atoms with Gasteiger partial charge in [0.25, 0.3) is 5.69 Å². The Hall–Kier alpha value is -7.44. The van der Waals surface area contributed by atoms with Crippen LogP contribution in [0.3, 0.4) is 0 Å². The Morgan fingerprint density at radius 1 is 0.709 bits per heavy atom. The number of nitrogens with two attached hydrogens (primary N) is 1. The summed E-state index contributed by atoms with van der Waals surface area (Å²) in [6.07, 6.45) is -5.08. The zero-order valence-electron chi connectivity index (χ0n) is 29.1. The number of para-hydroxylation sites is 2. The lowest BCUT2D eigenvalue weighted by molar-refractivity contribution is -0.384. The molecule has 55 heavy (non-hydrogen) atoms. The Morgan fingerprint density at radius 2 is 1.07 bits per heavy atom. The van der Waals surface area contributed by atoms with Crippen molar-refractivity contribution in [3.8, 4) is 57.0 Å². The number of nitro benzene ring substituents is 1. The van der Waals surface area contributed by atoms with Gasteiger partial charge in [-0.25, -0.2) is 4.79 Å². The quantitative estimate of drug-likeness (QED) is 0.0624. The first kappa shape index (κ1) is 40.3. The molecule has 0 aliphatic carbocycles. The number of aromatic nitrogens is 2. The third-order valence-corrected chi connectivity index (χ3v) is 7.80. The number of methoxy groups -OCH3 is 4. The molecule has 288 valence electrons. The highest BCUT2D eigenvalue weighted by molar-refractivity contribution is 5.90. The topological polar surface area (TPSA) is 250 Å². The van der Waals surface area contributed by atoms with Gasteiger partial charge in [-0.15, -0.1) is 0 Å². The molecule has 2 heterocycles. The van der Waals surface area contributed by atoms with Crippen LogP contribution < -0.4 is 35.5 Å². The van der Waals surface area contributed by atoms with Crippen molar-refractivity contribution in [1.82, 2.24) is 9.97 Å². The lowest BCUT2D eigenvalue weighted by atomic mass is 10.1. The minimum atomic E-state index is -5.08. The number of aliphatic carboxylic acids is 1. The number of nitrogens with one attached hydrogen (secondary N) is 2. The molecule has 0 bridgehead atoms. The fraction of sp³-hybridized carbons (Fsp3) is 0.139. The lowest BCUT2D eigenvalue weighted by Crippen LogP contribution is -2.21. The molecule has 0 unspecified atom stereocenters. The number of ether oxygens (including phenoxy) is 4. The first-order valence-corrected chi connectivity index (χ1v) is 15.4. The second-order valence-electron chi connectivity index (χ2n) is 11.0. The summed E-state index contributed by atoms with van der Waals surface area (Å²) in [5.74, 6) is -2.14. The van der Waals surface area contributed by atoms with E-state index in [-0.39, 0.29) is 33.8 Å². The summed E-state index contributed by atoms with van der Waals surface area (Å²) < 4.78 is 52.5. The van der Waals surface area contributed by atoms with E-state index in [9.17, 15) is 43.1 Å². The highest BCUT2D eigenvalue weighted by Crippen LogP contribution is 2.37. The van der Waals surface area contributed by atoms with Crippen LogP contribution in [0, 0.1) is 10.1 Å². The normalized spacial score (nSPS) is 10.7. The van der Waals surface area contributed by atoms with Crippen molar-refractivity contribution < 1.29 is 57.2 Å². The smallest absolute Gasteiger partial charge is 0.490 e. The standard InChI is InChI=1S/C17H14N2O6.C17H16N2O4.C2HF3O2/c1-24-13-7-10-11(8-14(13)25-2)18-15(17(21)16(10)20)9-5-3-4-6-12(9)19(22)23;1-22-13-7-10-12(8-14(13)23-2)19-15(17(21)16(10)20)9-5-3-4-6-11(9)18;3-2(4,5)1(6)7/h3-8,21H,1-2H3,(H,18,20);3-8,21H,18H2,1-2H3,(H,19,20);(H,6,7). The number of H-pyrrole nitrogens is 2. The van der Waals surface area contributed by atoms with Gasteiger partial charge in [0, 0.05) is 29.4 Å². The molecule has 16 nitrogen and oxygen atoms in total. The molecule has 0 amide bonds. The van der Waals surface area contributed by atoms with Crippen LogP contribution in [-0.2, 0) is 4.79 Å². The summed E-state index contributed by atoms with van der Waals surface area (Å²) in [5, 5.41) is 39.4. The average molecular weight is 769 g/mol. The third kappa shape index (κ3) is 8.46. The first-order valence-electron chi connectivity index (χ1n) is 15.4. The number of hydrogen-bond acceptors (Lipinski definition) is 12. The van der Waals surface area contributed by atoms with Gasteiger partial charge in [0.1, 0.15) is 0 Å². The predicted octanol–water partition coefficient (Wildman–Crippen LogP) is 5.96. The van der Waals surface area contributed by atoms with Crippen LogP contribution in [0.25, 0.3) is 44.3 Å². The molecule has 0 atom stereocenters. The fourth-order valence-corrected chi connectivity index (χ4v) is 5.17. The van der Waals surface area contributed by atoms with Crippen LogP contribution >= 0.6 is 0 Å². The van der Waals surface area contributed by atoms with Crippen molar-refractivity contribution in [3.05, 3.63) is 103 Å². The number of alkyl halides is 3. The van der Waals surface area contributed by atoms with Crippen LogP contribution in [0.4, 0.5) is 24.5 Å². The molecule has 0 fully saturated rings. The highest BCUT2D eigenvalue weighted by Gasteiger charge is 2.38. The molecule has 0 saturated carbocycles. The van der Waals surface area contributed by atoms with E-state index < -0.39 is 33.7 Å². The predicted molar refractivity (Wildman–Crippen MR) is 194 cm³/mol. The number of carbonyl (C=O) groups is 1. The molecule has 0 aliphatic heterocycles. The number of aromatic amines is 2. The number of pyridine rings is 2. The van der Waals surface area contributed by atoms with E-state index in [1.54, 1.807) is 36.4 Å². The van der Waals surface area contributed by atoms with Gasteiger partial charge < -0.3 is 50.0 Å². The number of nitro groups is 1. The molecule has 2 aromatic heterocycles. The highest BCUT2D eigenvalue weighted by atomic mass is 19.4. The number of carboxylic acid groups (broad SMARTS) is 1. The van der Waals surface area contributed by atoms with Gasteiger partial charge in [-0.05, 0) is 24.3 Å². The van der Waals surface area contributed by atoms with Crippen molar-refractivity contribution in [2.45, 2.75) is 6.18 Å². The molecule has 6 aromatic rings. The van der Waals surface area contributed by atoms with Gasteiger partial charge in [0.15, 0.2) is 34.5 Å². The van der Waals surface area contributed by atoms with E-state index in [4.69, 9.17) is 34.6 Å². The van der Waals surface area contributed by atoms with Gasteiger partial charge in [0.05, 0.1) is 72.1 Å². The van der Waals surface area contributed by atoms with E-state index in [0.717, 1.165) is 0 Å². The van der Waals surface area contributed by atoms with E-state index >= 15 is 0 Å². The molecule has 19 heteroatoms. The Kier molecular flexibility index (Phi) is 12.1. The fourth-order valence-electron chi connectivity index (χ4n) is 5.17. The van der Waals surface area contributed by atoms with Gasteiger partial charge >= 0.3 is 12.1 Å². The van der Waals surface area contributed by atoms with E-state index in [0.29, 0.717) is 50.7 Å². The van der Waals surface area contributed by atoms with E-state index in [1.807, 2.05) is 0 Å². The number of anilines is 1. The number of fused-ring (bicyclic) bond motifs is 2. The number of rotatable bonds is 7. The Morgan fingerprint density at radius 3 is 1.45 bits per heavy atom. The molecule has 0 saturated heterocycles. The summed E-state index contributed by atoms with van der Waals surface area (Å²) >= 11 is 0. The van der Waals surface area contributed by atoms with Crippen molar-refractivity contribution >= 4 is 39.1 Å². The molecular formula is C36H31F3N4O12. The van der Waals surface area contributed by atoms with E-state index in [1.165, 1.54) is 64.8 Å². The van der Waals surface area contributed by atoms with Gasteiger partial charge in [-0.3, -0.25) is 19.7 Å². The number of nitrogen functional groups attached to an aromatic ring is 1. The van der Waals surface area contributed by atoms with Crippen LogP contribution in [0.1, 0.15) is 0 Å². The maximum atomic E-state index is 12.5. The summed E-state index contributed by atoms with van der Waals surface area (Å²) in [6.45, 7) is 0. The minimum Gasteiger partial charge on any atom is -0.503 e. The molecule has 0 spiro atoms. The van der Waals surface area contributed by atoms with Gasteiger partial charge in [-0.1, -0.05) is 30.3 Å². The van der Waals surface area contributed by atoms with Crippen molar-refractivity contribution in [2.75, 3.05) is 34.2 Å². The SMILES string of the molecule is COc1cc2[nH]c(-c3ccccc3N)c(O)c(=O)c2cc1OC.COc1cc2[nH]c(-c3ccccc3[N+](=O)[O-])c(O)c(=O)c2cc1OC.O=C(O)C(F)(F)F. The van der Waals surface area contributed by atoms with Crippen LogP contribution in [-0.4, -0.2) is 70.8 Å². The van der Waals surface area contributed by atoms with Crippen molar-refractivity contribution in [3.63, 3.8) is 0 Å². The first-order chi connectivity index (χ1) is 26.0. The van der Waals surface area contributed by atoms with Crippen LogP contribution in [0.5, 0.6) is 34.5 Å². The van der Waals surface area contributed by atoms with E-state index in [2.05, 4.69) is 9.97 Å². The monoisotopic (exact) mass is 768 g/mol. The molecule has 4 aromatic carbocycles. The minimum absolute atomic E-state index is 0.0305. The Balaban J connectivity index is 0.000000210. The summed E-state index contributed by atoms with van der Waals surface area (Å²) in [6, 6.07) is 19.0. The van der Waals surface area contributed by atoms with Crippen molar-refractivity contribution in [1.29, 1.82) is 0 Å². The maximum absolute atomic E-state index is 12.5. The number of halogens is 3.